The largest absolute Gasteiger partial charge is 0.464 e. The van der Waals surface area contributed by atoms with E-state index in [9.17, 15) is 22.8 Å². The Hall–Kier alpha value is -3.64. The Morgan fingerprint density at radius 3 is 2.55 bits per heavy atom. The van der Waals surface area contributed by atoms with E-state index in [1.807, 2.05) is 0 Å². The third-order valence-corrected chi connectivity index (χ3v) is 5.55. The molecule has 0 saturated carbocycles. The number of esters is 2. The highest BCUT2D eigenvalue weighted by molar-refractivity contribution is 7.92. The number of furan rings is 1. The van der Waals surface area contributed by atoms with Crippen molar-refractivity contribution in [1.82, 2.24) is 0 Å². The number of rotatable bonds is 9. The van der Waals surface area contributed by atoms with E-state index in [-0.39, 0.29) is 28.4 Å². The van der Waals surface area contributed by atoms with Crippen molar-refractivity contribution in [3.63, 3.8) is 0 Å². The van der Waals surface area contributed by atoms with Crippen LogP contribution in [-0.2, 0) is 24.3 Å². The van der Waals surface area contributed by atoms with Crippen LogP contribution < -0.4 is 10.0 Å². The minimum atomic E-state index is -3.52. The van der Waals surface area contributed by atoms with E-state index < -0.39 is 34.5 Å². The van der Waals surface area contributed by atoms with Gasteiger partial charge in [0, 0.05) is 16.6 Å². The summed E-state index contributed by atoms with van der Waals surface area (Å²) in [5, 5.41) is 4.42. The van der Waals surface area contributed by atoms with Crippen molar-refractivity contribution in [2.24, 2.45) is 0 Å². The molecule has 2 N–H and O–H groups in total. The first kappa shape index (κ1) is 24.0. The second kappa shape index (κ2) is 10.3. The predicted octanol–water partition coefficient (Wildman–Crippen LogP) is 3.35. The number of hydrogen-bond donors (Lipinski definition) is 2. The molecule has 0 saturated heterocycles. The van der Waals surface area contributed by atoms with Gasteiger partial charge < -0.3 is 19.2 Å². The summed E-state index contributed by atoms with van der Waals surface area (Å²) in [6.07, 6.45) is 2.44. The number of ether oxygens (including phenoxy) is 2. The van der Waals surface area contributed by atoms with Gasteiger partial charge in [0.25, 0.3) is 5.91 Å². The maximum atomic E-state index is 12.5. The van der Waals surface area contributed by atoms with Gasteiger partial charge in [0.1, 0.15) is 16.3 Å². The molecule has 0 aliphatic heterocycles. The molecule has 0 radical (unpaired) electrons. The first-order valence-corrected chi connectivity index (χ1v) is 12.3. The molecule has 0 bridgehead atoms. The van der Waals surface area contributed by atoms with Gasteiger partial charge in [0.2, 0.25) is 10.0 Å². The van der Waals surface area contributed by atoms with E-state index in [1.165, 1.54) is 30.5 Å². The average Bonchev–Trinajstić information content (AvgIpc) is 3.41. The van der Waals surface area contributed by atoms with E-state index >= 15 is 0 Å². The van der Waals surface area contributed by atoms with Crippen molar-refractivity contribution in [3.05, 3.63) is 59.2 Å². The van der Waals surface area contributed by atoms with Crippen LogP contribution in [0.2, 0.25) is 0 Å². The monoisotopic (exact) mass is 492 g/mol. The van der Waals surface area contributed by atoms with E-state index in [0.29, 0.717) is 11.3 Å². The maximum Gasteiger partial charge on any atom is 0.341 e. The zero-order valence-corrected chi connectivity index (χ0v) is 19.2. The molecule has 0 spiro atoms. The molecule has 0 aliphatic carbocycles. The van der Waals surface area contributed by atoms with Crippen LogP contribution in [-0.4, -0.2) is 45.7 Å². The molecule has 174 valence electrons. The van der Waals surface area contributed by atoms with Gasteiger partial charge in [-0.3, -0.25) is 9.52 Å². The van der Waals surface area contributed by atoms with Crippen molar-refractivity contribution in [1.29, 1.82) is 0 Å². The first-order valence-electron chi connectivity index (χ1n) is 9.55. The first-order chi connectivity index (χ1) is 15.7. The third kappa shape index (κ3) is 6.43. The fourth-order valence-corrected chi connectivity index (χ4v) is 4.28. The fourth-order valence-electron chi connectivity index (χ4n) is 2.77. The second-order valence-corrected chi connectivity index (χ2v) is 9.26. The Bertz CT molecular complexity index is 1260. The topological polar surface area (TPSA) is 141 Å². The summed E-state index contributed by atoms with van der Waals surface area (Å²) in [7, 11) is -3.52. The molecule has 3 rings (SSSR count). The summed E-state index contributed by atoms with van der Waals surface area (Å²) in [5.41, 5.74) is 0.835. The summed E-state index contributed by atoms with van der Waals surface area (Å²) in [5.74, 6) is -1.70. The highest BCUT2D eigenvalue weighted by atomic mass is 32.2. The van der Waals surface area contributed by atoms with Crippen LogP contribution in [0.25, 0.3) is 11.3 Å². The SMILES string of the molecule is CCOC(=O)c1c(-c2ccco2)csc1NC(=O)COC(=O)c1cccc(NS(C)(=O)=O)c1. The molecular formula is C21H20N2O8S2. The van der Waals surface area contributed by atoms with Crippen LogP contribution in [0.1, 0.15) is 27.6 Å². The van der Waals surface area contributed by atoms with Crippen molar-refractivity contribution in [2.75, 3.05) is 29.5 Å². The molecule has 1 amide bonds. The summed E-state index contributed by atoms with van der Waals surface area (Å²) < 4.78 is 40.4. The number of carbonyl (C=O) groups excluding carboxylic acids is 3. The zero-order chi connectivity index (χ0) is 24.0. The molecule has 1 aromatic carbocycles. The van der Waals surface area contributed by atoms with E-state index in [1.54, 1.807) is 24.4 Å². The highest BCUT2D eigenvalue weighted by Crippen LogP contribution is 2.36. The Kier molecular flexibility index (Phi) is 7.51. The summed E-state index contributed by atoms with van der Waals surface area (Å²) in [6.45, 7) is 1.18. The molecule has 3 aromatic rings. The van der Waals surface area contributed by atoms with E-state index in [0.717, 1.165) is 17.6 Å². The molecule has 12 heteroatoms. The van der Waals surface area contributed by atoms with Gasteiger partial charge in [-0.05, 0) is 37.3 Å². The summed E-state index contributed by atoms with van der Waals surface area (Å²) >= 11 is 1.10. The maximum absolute atomic E-state index is 12.5. The van der Waals surface area contributed by atoms with Gasteiger partial charge in [0.05, 0.1) is 24.7 Å². The third-order valence-electron chi connectivity index (χ3n) is 4.05. The molecule has 0 atom stereocenters. The number of carbonyl (C=O) groups is 3. The van der Waals surface area contributed by atoms with Gasteiger partial charge in [-0.15, -0.1) is 11.3 Å². The van der Waals surface area contributed by atoms with Gasteiger partial charge >= 0.3 is 11.9 Å². The van der Waals surface area contributed by atoms with Crippen LogP contribution in [0, 0.1) is 0 Å². The average molecular weight is 493 g/mol. The van der Waals surface area contributed by atoms with Crippen molar-refractivity contribution in [3.8, 4) is 11.3 Å². The summed E-state index contributed by atoms with van der Waals surface area (Å²) in [4.78, 5) is 37.1. The van der Waals surface area contributed by atoms with Gasteiger partial charge in [-0.1, -0.05) is 6.07 Å². The number of thiophene rings is 1. The Morgan fingerprint density at radius 2 is 1.88 bits per heavy atom. The smallest absolute Gasteiger partial charge is 0.341 e. The number of sulfonamides is 1. The van der Waals surface area contributed by atoms with E-state index in [2.05, 4.69) is 10.0 Å². The van der Waals surface area contributed by atoms with Crippen LogP contribution in [0.4, 0.5) is 10.7 Å². The molecule has 0 unspecified atom stereocenters. The molecule has 10 nitrogen and oxygen atoms in total. The lowest BCUT2D eigenvalue weighted by molar-refractivity contribution is -0.119. The van der Waals surface area contributed by atoms with Gasteiger partial charge in [-0.25, -0.2) is 18.0 Å². The van der Waals surface area contributed by atoms with Gasteiger partial charge in [-0.2, -0.15) is 0 Å². The minimum absolute atomic E-state index is 0.0555. The number of anilines is 2. The lowest BCUT2D eigenvalue weighted by Gasteiger charge is -2.09. The number of benzene rings is 1. The van der Waals surface area contributed by atoms with Crippen LogP contribution in [0.3, 0.4) is 0 Å². The fraction of sp³-hybridized carbons (Fsp3) is 0.190. The predicted molar refractivity (Wildman–Crippen MR) is 122 cm³/mol. The normalized spacial score (nSPS) is 11.0. The van der Waals surface area contributed by atoms with E-state index in [4.69, 9.17) is 13.9 Å². The molecule has 0 fully saturated rings. The molecule has 2 heterocycles. The van der Waals surface area contributed by atoms with Crippen LogP contribution in [0.15, 0.2) is 52.5 Å². The van der Waals surface area contributed by atoms with Crippen molar-refractivity contribution in [2.45, 2.75) is 6.92 Å². The lowest BCUT2D eigenvalue weighted by Crippen LogP contribution is -2.22. The zero-order valence-electron chi connectivity index (χ0n) is 17.6. The van der Waals surface area contributed by atoms with Crippen molar-refractivity contribution >= 4 is 49.9 Å². The molecule has 2 aromatic heterocycles. The van der Waals surface area contributed by atoms with Gasteiger partial charge in [0.15, 0.2) is 6.61 Å². The Morgan fingerprint density at radius 1 is 1.09 bits per heavy atom. The highest BCUT2D eigenvalue weighted by Gasteiger charge is 2.24. The standard InChI is InChI=1S/C21H20N2O8S2/c1-3-29-21(26)18-15(16-8-5-9-30-16)12-32-19(18)22-17(24)11-31-20(25)13-6-4-7-14(10-13)23-33(2,27)28/h4-10,12,23H,3,11H2,1-2H3,(H,22,24). The minimum Gasteiger partial charge on any atom is -0.464 e. The molecule has 33 heavy (non-hydrogen) atoms. The van der Waals surface area contributed by atoms with Crippen molar-refractivity contribution < 1.29 is 36.7 Å². The number of nitrogens with one attached hydrogen (secondary N) is 2. The Labute approximate surface area is 193 Å². The Balaban J connectivity index is 1.68. The number of hydrogen-bond acceptors (Lipinski definition) is 9. The second-order valence-electron chi connectivity index (χ2n) is 6.63. The quantitative estimate of drug-likeness (QED) is 0.433. The molecule has 0 aliphatic rings. The van der Waals surface area contributed by atoms with Crippen LogP contribution in [0.5, 0.6) is 0 Å². The van der Waals surface area contributed by atoms with Crippen LogP contribution >= 0.6 is 11.3 Å². The number of amides is 1. The molecular weight excluding hydrogens is 472 g/mol. The summed E-state index contributed by atoms with van der Waals surface area (Å²) in [6, 6.07) is 8.98. The lowest BCUT2D eigenvalue weighted by atomic mass is 10.1.